The van der Waals surface area contributed by atoms with Crippen LogP contribution in [0.4, 0.5) is 10.1 Å². The van der Waals surface area contributed by atoms with Gasteiger partial charge in [0.25, 0.3) is 0 Å². The molecule has 0 fully saturated rings. The number of nitrogen functional groups attached to an aromatic ring is 1. The molecule has 1 aromatic heterocycles. The molecule has 19 heavy (non-hydrogen) atoms. The third-order valence-corrected chi connectivity index (χ3v) is 2.29. The summed E-state index contributed by atoms with van der Waals surface area (Å²) in [6.45, 7) is 0. The van der Waals surface area contributed by atoms with Crippen LogP contribution in [0.3, 0.4) is 0 Å². The SMILES string of the molecule is COC(=O)c1cc(Oc2ncn(C)n2)c(F)cc1N. The maximum Gasteiger partial charge on any atom is 0.341 e. The lowest BCUT2D eigenvalue weighted by Gasteiger charge is -2.08. The molecule has 0 atom stereocenters. The third-order valence-electron chi connectivity index (χ3n) is 2.29. The van der Waals surface area contributed by atoms with E-state index in [-0.39, 0.29) is 23.0 Å². The van der Waals surface area contributed by atoms with Crippen molar-refractivity contribution in [2.24, 2.45) is 7.05 Å². The molecule has 2 aromatic rings. The first-order chi connectivity index (χ1) is 9.01. The van der Waals surface area contributed by atoms with Crippen LogP contribution in [0, 0.1) is 5.82 Å². The van der Waals surface area contributed by atoms with Gasteiger partial charge in [0.05, 0.1) is 12.7 Å². The topological polar surface area (TPSA) is 92.3 Å². The molecule has 1 aromatic carbocycles. The fraction of sp³-hybridized carbons (Fsp3) is 0.182. The molecular weight excluding hydrogens is 255 g/mol. The van der Waals surface area contributed by atoms with Crippen molar-refractivity contribution in [3.63, 3.8) is 0 Å². The summed E-state index contributed by atoms with van der Waals surface area (Å²) in [5.41, 5.74) is 5.51. The van der Waals surface area contributed by atoms with E-state index < -0.39 is 11.8 Å². The number of carbonyl (C=O) groups excluding carboxylic acids is 1. The molecular formula is C11H11FN4O3. The Kier molecular flexibility index (Phi) is 3.32. The standard InChI is InChI=1S/C11H11FN4O3/c1-16-5-14-11(15-16)19-9-3-6(10(17)18-2)8(13)4-7(9)12/h3-5H,13H2,1-2H3. The Labute approximate surface area is 107 Å². The van der Waals surface area contributed by atoms with Gasteiger partial charge in [0.15, 0.2) is 11.6 Å². The summed E-state index contributed by atoms with van der Waals surface area (Å²) >= 11 is 0. The first kappa shape index (κ1) is 12.8. The zero-order valence-corrected chi connectivity index (χ0v) is 10.3. The highest BCUT2D eigenvalue weighted by Gasteiger charge is 2.17. The van der Waals surface area contributed by atoms with Gasteiger partial charge in [-0.05, 0) is 0 Å². The Morgan fingerprint density at radius 3 is 2.79 bits per heavy atom. The summed E-state index contributed by atoms with van der Waals surface area (Å²) in [4.78, 5) is 15.2. The van der Waals surface area contributed by atoms with E-state index in [0.717, 1.165) is 12.1 Å². The van der Waals surface area contributed by atoms with Crippen molar-refractivity contribution in [2.75, 3.05) is 12.8 Å². The van der Waals surface area contributed by atoms with Gasteiger partial charge in [0.2, 0.25) is 0 Å². The number of benzene rings is 1. The Bertz CT molecular complexity index is 626. The van der Waals surface area contributed by atoms with E-state index in [0.29, 0.717) is 0 Å². The van der Waals surface area contributed by atoms with Crippen molar-refractivity contribution in [2.45, 2.75) is 0 Å². The van der Waals surface area contributed by atoms with Crippen molar-refractivity contribution in [1.82, 2.24) is 14.8 Å². The largest absolute Gasteiger partial charge is 0.465 e. The maximum atomic E-state index is 13.7. The molecule has 0 radical (unpaired) electrons. The fourth-order valence-corrected chi connectivity index (χ4v) is 1.40. The van der Waals surface area contributed by atoms with Crippen molar-refractivity contribution < 1.29 is 18.7 Å². The van der Waals surface area contributed by atoms with Crippen LogP contribution in [-0.4, -0.2) is 27.8 Å². The Balaban J connectivity index is 2.37. The van der Waals surface area contributed by atoms with Crippen LogP contribution in [0.25, 0.3) is 0 Å². The number of rotatable bonds is 3. The molecule has 0 amide bonds. The molecule has 0 aliphatic rings. The number of hydrogen-bond donors (Lipinski definition) is 1. The van der Waals surface area contributed by atoms with Gasteiger partial charge in [-0.3, -0.25) is 4.68 Å². The normalized spacial score (nSPS) is 10.3. The van der Waals surface area contributed by atoms with Crippen LogP contribution >= 0.6 is 0 Å². The second-order valence-corrected chi connectivity index (χ2v) is 3.66. The number of nitrogens with zero attached hydrogens (tertiary/aromatic N) is 3. The molecule has 0 aliphatic carbocycles. The summed E-state index contributed by atoms with van der Waals surface area (Å²) in [7, 11) is 2.84. The number of ether oxygens (including phenoxy) is 2. The lowest BCUT2D eigenvalue weighted by atomic mass is 10.1. The molecule has 0 unspecified atom stereocenters. The predicted octanol–water partition coefficient (Wildman–Crippen LogP) is 1.12. The van der Waals surface area contributed by atoms with E-state index in [9.17, 15) is 9.18 Å². The molecule has 0 saturated heterocycles. The van der Waals surface area contributed by atoms with Crippen LogP contribution in [0.5, 0.6) is 11.8 Å². The minimum Gasteiger partial charge on any atom is -0.465 e. The number of esters is 1. The third kappa shape index (κ3) is 2.62. The molecule has 7 nitrogen and oxygen atoms in total. The highest BCUT2D eigenvalue weighted by molar-refractivity contribution is 5.95. The molecule has 0 spiro atoms. The van der Waals surface area contributed by atoms with Crippen molar-refractivity contribution in [3.8, 4) is 11.8 Å². The quantitative estimate of drug-likeness (QED) is 0.661. The van der Waals surface area contributed by atoms with Gasteiger partial charge < -0.3 is 15.2 Å². The van der Waals surface area contributed by atoms with Gasteiger partial charge in [0.1, 0.15) is 6.33 Å². The average Bonchev–Trinajstić information content (AvgIpc) is 2.77. The van der Waals surface area contributed by atoms with E-state index >= 15 is 0 Å². The summed E-state index contributed by atoms with van der Waals surface area (Å²) in [6, 6.07) is 2.08. The average molecular weight is 266 g/mol. The summed E-state index contributed by atoms with van der Waals surface area (Å²) in [5, 5.41) is 3.83. The number of nitrogens with two attached hydrogens (primary N) is 1. The van der Waals surface area contributed by atoms with Crippen LogP contribution in [0.1, 0.15) is 10.4 Å². The van der Waals surface area contributed by atoms with Crippen LogP contribution in [0.2, 0.25) is 0 Å². The Morgan fingerprint density at radius 1 is 1.47 bits per heavy atom. The van der Waals surface area contributed by atoms with E-state index in [2.05, 4.69) is 14.8 Å². The molecule has 0 saturated carbocycles. The lowest BCUT2D eigenvalue weighted by Crippen LogP contribution is -2.07. The summed E-state index contributed by atoms with van der Waals surface area (Å²) in [6.07, 6.45) is 1.39. The number of aromatic nitrogens is 3. The zero-order valence-electron chi connectivity index (χ0n) is 10.3. The molecule has 0 bridgehead atoms. The number of anilines is 1. The highest BCUT2D eigenvalue weighted by Crippen LogP contribution is 2.27. The van der Waals surface area contributed by atoms with E-state index in [1.165, 1.54) is 18.1 Å². The highest BCUT2D eigenvalue weighted by atomic mass is 19.1. The van der Waals surface area contributed by atoms with Crippen molar-refractivity contribution in [3.05, 3.63) is 29.8 Å². The van der Waals surface area contributed by atoms with Crippen LogP contribution < -0.4 is 10.5 Å². The minimum atomic E-state index is -0.724. The fourth-order valence-electron chi connectivity index (χ4n) is 1.40. The van der Waals surface area contributed by atoms with Gasteiger partial charge in [-0.25, -0.2) is 9.18 Å². The zero-order chi connectivity index (χ0) is 14.0. The molecule has 2 N–H and O–H groups in total. The van der Waals surface area contributed by atoms with Gasteiger partial charge >= 0.3 is 12.0 Å². The number of aryl methyl sites for hydroxylation is 1. The number of hydrogen-bond acceptors (Lipinski definition) is 6. The summed E-state index contributed by atoms with van der Waals surface area (Å²) in [5.74, 6) is -1.62. The van der Waals surface area contributed by atoms with Crippen LogP contribution in [-0.2, 0) is 11.8 Å². The molecule has 1 heterocycles. The van der Waals surface area contributed by atoms with Gasteiger partial charge in [0, 0.05) is 24.9 Å². The molecule has 100 valence electrons. The molecule has 8 heteroatoms. The minimum absolute atomic E-state index is 0.00910. The van der Waals surface area contributed by atoms with Gasteiger partial charge in [-0.15, -0.1) is 5.10 Å². The number of halogens is 1. The predicted molar refractivity (Wildman–Crippen MR) is 63.2 cm³/mol. The Hall–Kier alpha value is -2.64. The van der Waals surface area contributed by atoms with Crippen LogP contribution in [0.15, 0.2) is 18.5 Å². The lowest BCUT2D eigenvalue weighted by molar-refractivity contribution is 0.0601. The Morgan fingerprint density at radius 2 is 2.21 bits per heavy atom. The van der Waals surface area contributed by atoms with Crippen molar-refractivity contribution >= 4 is 11.7 Å². The molecule has 2 rings (SSSR count). The smallest absolute Gasteiger partial charge is 0.341 e. The summed E-state index contributed by atoms with van der Waals surface area (Å²) < 4.78 is 24.7. The van der Waals surface area contributed by atoms with E-state index in [4.69, 9.17) is 10.5 Å². The number of carbonyl (C=O) groups is 1. The van der Waals surface area contributed by atoms with E-state index in [1.54, 1.807) is 7.05 Å². The van der Waals surface area contributed by atoms with E-state index in [1.807, 2.05) is 0 Å². The first-order valence-corrected chi connectivity index (χ1v) is 5.22. The number of methoxy groups -OCH3 is 1. The second kappa shape index (κ2) is 4.92. The monoisotopic (exact) mass is 266 g/mol. The second-order valence-electron chi connectivity index (χ2n) is 3.66. The van der Waals surface area contributed by atoms with Gasteiger partial charge in [-0.1, -0.05) is 0 Å². The maximum absolute atomic E-state index is 13.7. The molecule has 0 aliphatic heterocycles. The van der Waals surface area contributed by atoms with Gasteiger partial charge in [-0.2, -0.15) is 4.98 Å². The first-order valence-electron chi connectivity index (χ1n) is 5.22. The van der Waals surface area contributed by atoms with Crippen molar-refractivity contribution in [1.29, 1.82) is 0 Å².